The molecular formula is C20H29N3O5S. The molecule has 8 nitrogen and oxygen atoms in total. The van der Waals surface area contributed by atoms with Gasteiger partial charge in [0.05, 0.1) is 12.4 Å². The number of amides is 2. The molecule has 0 N–H and O–H groups in total. The Balaban J connectivity index is 1.56. The second-order valence-electron chi connectivity index (χ2n) is 7.39. The lowest BCUT2D eigenvalue weighted by atomic mass is 10.1. The van der Waals surface area contributed by atoms with Crippen LogP contribution in [0.2, 0.25) is 0 Å². The minimum Gasteiger partial charge on any atom is -0.450 e. The van der Waals surface area contributed by atoms with Crippen LogP contribution >= 0.6 is 0 Å². The molecule has 1 aromatic rings. The normalized spacial score (nSPS) is 18.5. The molecule has 3 rings (SSSR count). The zero-order valence-electron chi connectivity index (χ0n) is 16.9. The number of hydrogen-bond acceptors (Lipinski definition) is 5. The third-order valence-corrected chi connectivity index (χ3v) is 7.20. The van der Waals surface area contributed by atoms with Crippen LogP contribution in [0.4, 0.5) is 4.79 Å². The number of sulfonamides is 1. The molecule has 2 heterocycles. The Morgan fingerprint density at radius 3 is 2.07 bits per heavy atom. The van der Waals surface area contributed by atoms with Gasteiger partial charge < -0.3 is 14.5 Å². The Kier molecular flexibility index (Phi) is 7.13. The lowest BCUT2D eigenvalue weighted by Crippen LogP contribution is -2.50. The van der Waals surface area contributed by atoms with Crippen LogP contribution in [-0.4, -0.2) is 80.4 Å². The zero-order valence-corrected chi connectivity index (χ0v) is 17.7. The maximum Gasteiger partial charge on any atom is 0.409 e. The first kappa shape index (κ1) is 21.6. The average Bonchev–Trinajstić information content (AvgIpc) is 2.74. The predicted molar refractivity (Wildman–Crippen MR) is 109 cm³/mol. The molecule has 2 aliphatic heterocycles. The second-order valence-corrected chi connectivity index (χ2v) is 9.36. The molecule has 2 saturated heterocycles. The van der Waals surface area contributed by atoms with Crippen LogP contribution in [0.15, 0.2) is 24.3 Å². The molecular weight excluding hydrogens is 394 g/mol. The molecule has 160 valence electrons. The van der Waals surface area contributed by atoms with Gasteiger partial charge in [0.15, 0.2) is 0 Å². The van der Waals surface area contributed by atoms with Crippen LogP contribution in [0.3, 0.4) is 0 Å². The highest BCUT2D eigenvalue weighted by Crippen LogP contribution is 2.18. The predicted octanol–water partition coefficient (Wildman–Crippen LogP) is 1.92. The molecule has 0 unspecified atom stereocenters. The van der Waals surface area contributed by atoms with Crippen LogP contribution in [0, 0.1) is 0 Å². The van der Waals surface area contributed by atoms with Crippen molar-refractivity contribution in [3.05, 3.63) is 35.4 Å². The molecule has 0 aliphatic carbocycles. The number of benzene rings is 1. The van der Waals surface area contributed by atoms with Gasteiger partial charge in [0.1, 0.15) is 0 Å². The molecule has 2 fully saturated rings. The van der Waals surface area contributed by atoms with Crippen LogP contribution < -0.4 is 0 Å². The van der Waals surface area contributed by atoms with Crippen molar-refractivity contribution in [3.63, 3.8) is 0 Å². The largest absolute Gasteiger partial charge is 0.450 e. The van der Waals surface area contributed by atoms with Gasteiger partial charge in [-0.15, -0.1) is 0 Å². The first-order valence-corrected chi connectivity index (χ1v) is 11.8. The third kappa shape index (κ3) is 5.48. The van der Waals surface area contributed by atoms with Crippen LogP contribution in [0.25, 0.3) is 0 Å². The first-order valence-electron chi connectivity index (χ1n) is 10.2. The summed E-state index contributed by atoms with van der Waals surface area (Å²) in [6.45, 7) is 5.06. The van der Waals surface area contributed by atoms with Gasteiger partial charge in [0.2, 0.25) is 10.0 Å². The molecule has 2 aliphatic rings. The summed E-state index contributed by atoms with van der Waals surface area (Å²) in [6, 6.07) is 6.79. The van der Waals surface area contributed by atoms with Crippen molar-refractivity contribution >= 4 is 22.0 Å². The highest BCUT2D eigenvalue weighted by Gasteiger charge is 2.26. The van der Waals surface area contributed by atoms with Crippen molar-refractivity contribution in [1.82, 2.24) is 14.1 Å². The fourth-order valence-electron chi connectivity index (χ4n) is 3.68. The average molecular weight is 424 g/mol. The quantitative estimate of drug-likeness (QED) is 0.722. The van der Waals surface area contributed by atoms with E-state index in [1.165, 1.54) is 0 Å². The summed E-state index contributed by atoms with van der Waals surface area (Å²) in [4.78, 5) is 27.8. The van der Waals surface area contributed by atoms with Gasteiger partial charge in [-0.05, 0) is 37.5 Å². The molecule has 0 radical (unpaired) electrons. The number of piperazine rings is 1. The van der Waals surface area contributed by atoms with Crippen molar-refractivity contribution in [2.45, 2.75) is 31.9 Å². The van der Waals surface area contributed by atoms with E-state index in [-0.39, 0.29) is 17.8 Å². The van der Waals surface area contributed by atoms with E-state index in [2.05, 4.69) is 0 Å². The second kappa shape index (κ2) is 9.58. The third-order valence-electron chi connectivity index (χ3n) is 5.35. The molecule has 0 spiro atoms. The smallest absolute Gasteiger partial charge is 0.409 e. The number of ether oxygens (including phenoxy) is 1. The van der Waals surface area contributed by atoms with Gasteiger partial charge in [-0.2, -0.15) is 0 Å². The summed E-state index contributed by atoms with van der Waals surface area (Å²) in [6.07, 6.45) is 2.56. The number of hydrogen-bond donors (Lipinski definition) is 0. The highest BCUT2D eigenvalue weighted by atomic mass is 32.2. The van der Waals surface area contributed by atoms with Crippen molar-refractivity contribution in [2.24, 2.45) is 0 Å². The minimum absolute atomic E-state index is 0.0420. The van der Waals surface area contributed by atoms with Crippen molar-refractivity contribution in [2.75, 3.05) is 45.9 Å². The van der Waals surface area contributed by atoms with Gasteiger partial charge in [-0.3, -0.25) is 4.79 Å². The Bertz CT molecular complexity index is 811. The molecule has 2 amide bonds. The molecule has 0 saturated carbocycles. The summed E-state index contributed by atoms with van der Waals surface area (Å²) >= 11 is 0. The monoisotopic (exact) mass is 423 g/mol. The zero-order chi connectivity index (χ0) is 20.9. The molecule has 29 heavy (non-hydrogen) atoms. The van der Waals surface area contributed by atoms with E-state index in [4.69, 9.17) is 4.74 Å². The summed E-state index contributed by atoms with van der Waals surface area (Å²) in [5.41, 5.74) is 1.20. The highest BCUT2D eigenvalue weighted by molar-refractivity contribution is 7.88. The van der Waals surface area contributed by atoms with Gasteiger partial charge in [0, 0.05) is 44.8 Å². The Morgan fingerprint density at radius 1 is 0.897 bits per heavy atom. The summed E-state index contributed by atoms with van der Waals surface area (Å²) < 4.78 is 31.7. The summed E-state index contributed by atoms with van der Waals surface area (Å²) in [7, 11) is -3.32. The standard InChI is InChI=1S/C20H29N3O5S/c1-2-28-20(25)22-14-12-21(13-15-22)19(24)18-8-6-17(7-9-18)16-29(26,27)23-10-4-3-5-11-23/h6-9H,2-5,10-16H2,1H3. The van der Waals surface area contributed by atoms with Gasteiger partial charge >= 0.3 is 6.09 Å². The molecule has 9 heteroatoms. The number of carbonyl (C=O) groups excluding carboxylic acids is 2. The Morgan fingerprint density at radius 2 is 1.48 bits per heavy atom. The molecule has 1 aromatic carbocycles. The van der Waals surface area contributed by atoms with E-state index in [1.54, 1.807) is 45.3 Å². The molecule has 0 aromatic heterocycles. The van der Waals surface area contributed by atoms with Crippen LogP contribution in [0.5, 0.6) is 0 Å². The fourth-order valence-corrected chi connectivity index (χ4v) is 5.29. The topological polar surface area (TPSA) is 87.2 Å². The minimum atomic E-state index is -3.32. The summed E-state index contributed by atoms with van der Waals surface area (Å²) in [5.74, 6) is -0.154. The van der Waals surface area contributed by atoms with Crippen molar-refractivity contribution < 1.29 is 22.7 Å². The number of piperidine rings is 1. The van der Waals surface area contributed by atoms with E-state index in [0.717, 1.165) is 19.3 Å². The van der Waals surface area contributed by atoms with E-state index in [0.29, 0.717) is 57.0 Å². The Hall–Kier alpha value is -2.13. The van der Waals surface area contributed by atoms with E-state index < -0.39 is 10.0 Å². The van der Waals surface area contributed by atoms with Crippen molar-refractivity contribution in [3.8, 4) is 0 Å². The van der Waals surface area contributed by atoms with Gasteiger partial charge in [-0.25, -0.2) is 17.5 Å². The lowest BCUT2D eigenvalue weighted by Gasteiger charge is -2.34. The van der Waals surface area contributed by atoms with E-state index in [1.807, 2.05) is 0 Å². The SMILES string of the molecule is CCOC(=O)N1CCN(C(=O)c2ccc(CS(=O)(=O)N3CCCCC3)cc2)CC1. The number of nitrogens with zero attached hydrogens (tertiary/aromatic N) is 3. The molecule has 0 bridgehead atoms. The van der Waals surface area contributed by atoms with Crippen LogP contribution in [-0.2, 0) is 20.5 Å². The number of carbonyl (C=O) groups is 2. The van der Waals surface area contributed by atoms with E-state index in [9.17, 15) is 18.0 Å². The van der Waals surface area contributed by atoms with Gasteiger partial charge in [0.25, 0.3) is 5.91 Å². The van der Waals surface area contributed by atoms with Crippen LogP contribution in [0.1, 0.15) is 42.1 Å². The summed E-state index contributed by atoms with van der Waals surface area (Å²) in [5, 5.41) is 0. The van der Waals surface area contributed by atoms with Crippen molar-refractivity contribution in [1.29, 1.82) is 0 Å². The lowest BCUT2D eigenvalue weighted by molar-refractivity contribution is 0.0570. The maximum atomic E-state index is 12.7. The fraction of sp³-hybridized carbons (Fsp3) is 0.600. The number of rotatable bonds is 5. The Labute approximate surface area is 172 Å². The van der Waals surface area contributed by atoms with Gasteiger partial charge in [-0.1, -0.05) is 18.6 Å². The maximum absolute atomic E-state index is 12.7. The van der Waals surface area contributed by atoms with E-state index >= 15 is 0 Å². The first-order chi connectivity index (χ1) is 13.9. The molecule has 0 atom stereocenters.